The van der Waals surface area contributed by atoms with Gasteiger partial charge < -0.3 is 9.73 Å². The molecule has 0 unspecified atom stereocenters. The first-order chi connectivity index (χ1) is 14.5. The molecule has 0 bridgehead atoms. The molecular formula is C22H17FN4O3. The predicted octanol–water partition coefficient (Wildman–Crippen LogP) is 5.29. The van der Waals surface area contributed by atoms with Crippen LogP contribution in [-0.2, 0) is 0 Å². The quantitative estimate of drug-likeness (QED) is 0.346. The summed E-state index contributed by atoms with van der Waals surface area (Å²) in [6.45, 7) is 1.66. The smallest absolute Gasteiger partial charge is 0.274 e. The molecule has 0 saturated carbocycles. The lowest BCUT2D eigenvalue weighted by Gasteiger charge is -2.18. The van der Waals surface area contributed by atoms with E-state index < -0.39 is 11.0 Å². The molecule has 30 heavy (non-hydrogen) atoms. The largest absolute Gasteiger partial charge is 0.418 e. The van der Waals surface area contributed by atoms with Crippen molar-refractivity contribution in [2.45, 2.75) is 13.0 Å². The van der Waals surface area contributed by atoms with Gasteiger partial charge in [-0.1, -0.05) is 36.4 Å². The fourth-order valence-electron chi connectivity index (χ4n) is 3.12. The second-order valence-electron chi connectivity index (χ2n) is 6.65. The molecule has 4 rings (SSSR count). The SMILES string of the molecule is Cc1c(N[C@@H](c2ccc(F)cc2)c2nnc(-c3ccccc3)o2)cccc1[N+](=O)[O-]. The van der Waals surface area contributed by atoms with E-state index in [2.05, 4.69) is 15.5 Å². The van der Waals surface area contributed by atoms with Crippen LogP contribution in [0.2, 0.25) is 0 Å². The summed E-state index contributed by atoms with van der Waals surface area (Å²) >= 11 is 0. The van der Waals surface area contributed by atoms with Crippen LogP contribution < -0.4 is 5.32 Å². The first-order valence-electron chi connectivity index (χ1n) is 9.18. The zero-order valence-electron chi connectivity index (χ0n) is 15.9. The number of hydrogen-bond acceptors (Lipinski definition) is 6. The number of rotatable bonds is 6. The standard InChI is InChI=1S/C22H17FN4O3/c1-14-18(8-5-9-19(14)27(28)29)24-20(15-10-12-17(23)13-11-15)22-26-25-21(30-22)16-6-3-2-4-7-16/h2-13,20,24H,1H3/t20-/m0/s1. The highest BCUT2D eigenvalue weighted by molar-refractivity contribution is 5.61. The summed E-state index contributed by atoms with van der Waals surface area (Å²) in [5, 5.41) is 22.8. The van der Waals surface area contributed by atoms with Crippen LogP contribution in [0.15, 0.2) is 77.2 Å². The third-order valence-electron chi connectivity index (χ3n) is 4.71. The molecule has 8 heteroatoms. The molecule has 0 amide bonds. The van der Waals surface area contributed by atoms with Gasteiger partial charge in [-0.05, 0) is 42.8 Å². The summed E-state index contributed by atoms with van der Waals surface area (Å²) in [5.74, 6) is 0.223. The third kappa shape index (κ3) is 3.88. The van der Waals surface area contributed by atoms with E-state index in [1.165, 1.54) is 18.2 Å². The first-order valence-corrected chi connectivity index (χ1v) is 9.18. The van der Waals surface area contributed by atoms with Gasteiger partial charge >= 0.3 is 0 Å². The Morgan fingerprint density at radius 2 is 1.73 bits per heavy atom. The molecule has 0 fully saturated rings. The van der Waals surface area contributed by atoms with Crippen molar-refractivity contribution in [3.63, 3.8) is 0 Å². The molecule has 0 aliphatic rings. The lowest BCUT2D eigenvalue weighted by atomic mass is 10.0. The lowest BCUT2D eigenvalue weighted by Crippen LogP contribution is -2.14. The summed E-state index contributed by atoms with van der Waals surface area (Å²) in [6.07, 6.45) is 0. The van der Waals surface area contributed by atoms with Gasteiger partial charge in [0.15, 0.2) is 0 Å². The van der Waals surface area contributed by atoms with Crippen LogP contribution in [0.1, 0.15) is 23.1 Å². The van der Waals surface area contributed by atoms with Crippen LogP contribution in [0.4, 0.5) is 15.8 Å². The van der Waals surface area contributed by atoms with E-state index in [0.29, 0.717) is 22.7 Å². The zero-order chi connectivity index (χ0) is 21.1. The third-order valence-corrected chi connectivity index (χ3v) is 4.71. The number of nitro benzene ring substituents is 1. The van der Waals surface area contributed by atoms with Gasteiger partial charge in [0.1, 0.15) is 11.9 Å². The number of hydrogen-bond donors (Lipinski definition) is 1. The Hall–Kier alpha value is -4.07. The number of nitrogens with one attached hydrogen (secondary N) is 1. The number of nitrogens with zero attached hydrogens (tertiary/aromatic N) is 3. The van der Waals surface area contributed by atoms with Gasteiger partial charge in [-0.15, -0.1) is 10.2 Å². The second-order valence-corrected chi connectivity index (χ2v) is 6.65. The lowest BCUT2D eigenvalue weighted by molar-refractivity contribution is -0.385. The van der Waals surface area contributed by atoms with Crippen molar-refractivity contribution >= 4 is 11.4 Å². The normalized spacial score (nSPS) is 11.8. The Bertz CT molecular complexity index is 1180. The van der Waals surface area contributed by atoms with Gasteiger partial charge in [0.2, 0.25) is 11.8 Å². The zero-order valence-corrected chi connectivity index (χ0v) is 15.9. The first kappa shape index (κ1) is 19.3. The highest BCUT2D eigenvalue weighted by atomic mass is 19.1. The Morgan fingerprint density at radius 1 is 1.00 bits per heavy atom. The van der Waals surface area contributed by atoms with Gasteiger partial charge in [-0.25, -0.2) is 4.39 Å². The maximum Gasteiger partial charge on any atom is 0.274 e. The van der Waals surface area contributed by atoms with E-state index in [1.807, 2.05) is 30.3 Å². The molecule has 150 valence electrons. The van der Waals surface area contributed by atoms with E-state index in [0.717, 1.165) is 5.56 Å². The Morgan fingerprint density at radius 3 is 2.43 bits per heavy atom. The van der Waals surface area contributed by atoms with E-state index >= 15 is 0 Å². The molecule has 1 N–H and O–H groups in total. The number of halogens is 1. The Balaban J connectivity index is 1.75. The van der Waals surface area contributed by atoms with Crippen LogP contribution in [0.3, 0.4) is 0 Å². The fraction of sp³-hybridized carbons (Fsp3) is 0.0909. The summed E-state index contributed by atoms with van der Waals surface area (Å²) in [6, 6.07) is 19.3. The summed E-state index contributed by atoms with van der Waals surface area (Å²) < 4.78 is 19.4. The van der Waals surface area contributed by atoms with E-state index in [4.69, 9.17) is 4.42 Å². The van der Waals surface area contributed by atoms with Gasteiger partial charge in [0.05, 0.1) is 4.92 Å². The Kier molecular flexibility index (Phi) is 5.21. The van der Waals surface area contributed by atoms with Crippen LogP contribution in [0.5, 0.6) is 0 Å². The molecule has 0 radical (unpaired) electrons. The molecule has 0 aliphatic carbocycles. The monoisotopic (exact) mass is 404 g/mol. The number of aromatic nitrogens is 2. The van der Waals surface area contributed by atoms with Crippen molar-refractivity contribution in [3.05, 3.63) is 106 Å². The van der Waals surface area contributed by atoms with Crippen molar-refractivity contribution in [3.8, 4) is 11.5 Å². The highest BCUT2D eigenvalue weighted by Gasteiger charge is 2.24. The van der Waals surface area contributed by atoms with Gasteiger partial charge in [0, 0.05) is 22.9 Å². The van der Waals surface area contributed by atoms with Crippen molar-refractivity contribution in [2.24, 2.45) is 0 Å². The average Bonchev–Trinajstić information content (AvgIpc) is 3.24. The summed E-state index contributed by atoms with van der Waals surface area (Å²) in [5.41, 5.74) is 2.44. The molecule has 7 nitrogen and oxygen atoms in total. The highest BCUT2D eigenvalue weighted by Crippen LogP contribution is 2.32. The molecule has 0 aliphatic heterocycles. The number of nitro groups is 1. The van der Waals surface area contributed by atoms with E-state index in [1.54, 1.807) is 31.2 Å². The molecule has 1 heterocycles. The number of anilines is 1. The van der Waals surface area contributed by atoms with Gasteiger partial charge in [-0.3, -0.25) is 10.1 Å². The maximum absolute atomic E-state index is 13.5. The van der Waals surface area contributed by atoms with Gasteiger partial charge in [-0.2, -0.15) is 0 Å². The molecule has 3 aromatic carbocycles. The minimum atomic E-state index is -0.628. The van der Waals surface area contributed by atoms with Crippen molar-refractivity contribution < 1.29 is 13.7 Å². The van der Waals surface area contributed by atoms with E-state index in [9.17, 15) is 14.5 Å². The molecule has 1 aromatic heterocycles. The summed E-state index contributed by atoms with van der Waals surface area (Å²) in [7, 11) is 0. The van der Waals surface area contributed by atoms with Crippen molar-refractivity contribution in [2.75, 3.05) is 5.32 Å². The Labute approximate surface area is 171 Å². The fourth-order valence-corrected chi connectivity index (χ4v) is 3.12. The van der Waals surface area contributed by atoms with Crippen molar-refractivity contribution in [1.29, 1.82) is 0 Å². The minimum absolute atomic E-state index is 0.00615. The minimum Gasteiger partial charge on any atom is -0.418 e. The second kappa shape index (κ2) is 8.12. The van der Waals surface area contributed by atoms with Crippen LogP contribution in [0, 0.1) is 22.9 Å². The van der Waals surface area contributed by atoms with Crippen LogP contribution >= 0.6 is 0 Å². The molecule has 4 aromatic rings. The predicted molar refractivity (Wildman–Crippen MR) is 109 cm³/mol. The van der Waals surface area contributed by atoms with Crippen LogP contribution in [-0.4, -0.2) is 15.1 Å². The molecule has 1 atom stereocenters. The molecule has 0 saturated heterocycles. The average molecular weight is 404 g/mol. The van der Waals surface area contributed by atoms with Crippen molar-refractivity contribution in [1.82, 2.24) is 10.2 Å². The summed E-state index contributed by atoms with van der Waals surface area (Å²) in [4.78, 5) is 10.9. The topological polar surface area (TPSA) is 94.1 Å². The molecular weight excluding hydrogens is 387 g/mol. The van der Waals surface area contributed by atoms with Gasteiger partial charge in [0.25, 0.3) is 5.69 Å². The number of benzene rings is 3. The van der Waals surface area contributed by atoms with E-state index in [-0.39, 0.29) is 17.4 Å². The maximum atomic E-state index is 13.5. The van der Waals surface area contributed by atoms with Crippen LogP contribution in [0.25, 0.3) is 11.5 Å². The molecule has 0 spiro atoms.